The van der Waals surface area contributed by atoms with Crippen LogP contribution in [0.4, 0.5) is 0 Å². The van der Waals surface area contributed by atoms with Crippen LogP contribution in [0, 0.1) is 19.8 Å². The van der Waals surface area contributed by atoms with Crippen LogP contribution >= 0.6 is 0 Å². The Morgan fingerprint density at radius 1 is 1.48 bits per heavy atom. The third-order valence-electron chi connectivity index (χ3n) is 4.63. The summed E-state index contributed by atoms with van der Waals surface area (Å²) >= 11 is 0. The molecule has 7 heteroatoms. The summed E-state index contributed by atoms with van der Waals surface area (Å²) in [7, 11) is 0. The molecule has 7 nitrogen and oxygen atoms in total. The van der Waals surface area contributed by atoms with E-state index in [0.29, 0.717) is 13.0 Å². The summed E-state index contributed by atoms with van der Waals surface area (Å²) in [6.45, 7) is 7.32. The smallest absolute Gasteiger partial charge is 0.225 e. The second-order valence-corrected chi connectivity index (χ2v) is 6.36. The average molecular weight is 317 g/mol. The zero-order valence-electron chi connectivity index (χ0n) is 13.9. The van der Waals surface area contributed by atoms with E-state index in [4.69, 9.17) is 4.52 Å². The molecule has 1 aliphatic rings. The van der Waals surface area contributed by atoms with Gasteiger partial charge in [0.1, 0.15) is 18.4 Å². The van der Waals surface area contributed by atoms with Crippen molar-refractivity contribution in [3.05, 3.63) is 29.7 Å². The molecule has 3 heterocycles. The lowest BCUT2D eigenvalue weighted by atomic mass is 9.97. The molecular weight excluding hydrogens is 294 g/mol. The molecule has 0 aliphatic carbocycles. The number of aryl methyl sites for hydroxylation is 2. The van der Waals surface area contributed by atoms with Gasteiger partial charge in [0.2, 0.25) is 5.91 Å². The summed E-state index contributed by atoms with van der Waals surface area (Å²) in [6.07, 6.45) is 5.97. The normalized spacial score (nSPS) is 19.8. The van der Waals surface area contributed by atoms with Crippen LogP contribution in [-0.2, 0) is 11.2 Å². The van der Waals surface area contributed by atoms with E-state index in [0.717, 1.165) is 36.4 Å². The van der Waals surface area contributed by atoms with E-state index >= 15 is 0 Å². The number of rotatable bonds is 4. The number of carbonyl (C=O) groups is 1. The molecule has 0 bridgehead atoms. The molecule has 1 fully saturated rings. The molecule has 0 unspecified atom stereocenters. The predicted octanol–water partition coefficient (Wildman–Crippen LogP) is 1.93. The van der Waals surface area contributed by atoms with E-state index in [2.05, 4.69) is 15.2 Å². The third-order valence-corrected chi connectivity index (χ3v) is 4.63. The molecule has 2 atom stereocenters. The Kier molecular flexibility index (Phi) is 4.45. The molecule has 0 radical (unpaired) electrons. The van der Waals surface area contributed by atoms with Crippen molar-refractivity contribution in [1.82, 2.24) is 24.8 Å². The van der Waals surface area contributed by atoms with Crippen LogP contribution in [0.1, 0.15) is 42.8 Å². The second kappa shape index (κ2) is 6.52. The Bertz CT molecular complexity index is 645. The highest BCUT2D eigenvalue weighted by Gasteiger charge is 2.29. The highest BCUT2D eigenvalue weighted by atomic mass is 16.5. The first kappa shape index (κ1) is 15.7. The molecule has 23 heavy (non-hydrogen) atoms. The molecule has 0 spiro atoms. The first-order valence-electron chi connectivity index (χ1n) is 8.11. The quantitative estimate of drug-likeness (QED) is 0.861. The number of amides is 1. The Balaban J connectivity index is 1.65. The molecule has 3 rings (SSSR count). The molecule has 2 aromatic heterocycles. The standard InChI is InChI=1S/C16H23N5O2/c1-11(7-15-12(2)19-23-13(15)3)16(22)20-6-4-5-14(8-20)21-10-17-9-18-21/h9-11,14H,4-8H2,1-3H3/t11-,14-/m0/s1. The molecule has 124 valence electrons. The van der Waals surface area contributed by atoms with Gasteiger partial charge in [-0.2, -0.15) is 5.10 Å². The maximum Gasteiger partial charge on any atom is 0.225 e. The van der Waals surface area contributed by atoms with Crippen LogP contribution in [0.2, 0.25) is 0 Å². The van der Waals surface area contributed by atoms with Crippen molar-refractivity contribution in [3.8, 4) is 0 Å². The van der Waals surface area contributed by atoms with E-state index in [-0.39, 0.29) is 17.9 Å². The van der Waals surface area contributed by atoms with Crippen molar-refractivity contribution in [1.29, 1.82) is 0 Å². The first-order valence-corrected chi connectivity index (χ1v) is 8.11. The molecule has 0 saturated carbocycles. The van der Waals surface area contributed by atoms with Gasteiger partial charge in [0.25, 0.3) is 0 Å². The van der Waals surface area contributed by atoms with Crippen LogP contribution in [0.15, 0.2) is 17.2 Å². The fourth-order valence-corrected chi connectivity index (χ4v) is 3.28. The van der Waals surface area contributed by atoms with Gasteiger partial charge in [0, 0.05) is 24.6 Å². The number of aromatic nitrogens is 4. The van der Waals surface area contributed by atoms with Gasteiger partial charge in [-0.3, -0.25) is 4.79 Å². The average Bonchev–Trinajstić information content (AvgIpc) is 3.20. The zero-order valence-corrected chi connectivity index (χ0v) is 13.9. The zero-order chi connectivity index (χ0) is 16.4. The van der Waals surface area contributed by atoms with Crippen LogP contribution in [0.5, 0.6) is 0 Å². The van der Waals surface area contributed by atoms with Crippen LogP contribution in [-0.4, -0.2) is 43.8 Å². The fraction of sp³-hybridized carbons (Fsp3) is 0.625. The SMILES string of the molecule is Cc1noc(C)c1C[C@H](C)C(=O)N1CCC[C@H](n2cncn2)C1. The van der Waals surface area contributed by atoms with Gasteiger partial charge in [-0.15, -0.1) is 0 Å². The third kappa shape index (κ3) is 3.28. The lowest BCUT2D eigenvalue weighted by Crippen LogP contribution is -2.43. The summed E-state index contributed by atoms with van der Waals surface area (Å²) in [5, 5.41) is 8.18. The maximum absolute atomic E-state index is 12.8. The predicted molar refractivity (Wildman–Crippen MR) is 83.7 cm³/mol. The number of hydrogen-bond acceptors (Lipinski definition) is 5. The minimum Gasteiger partial charge on any atom is -0.361 e. The van der Waals surface area contributed by atoms with Gasteiger partial charge in [0.15, 0.2) is 0 Å². The van der Waals surface area contributed by atoms with Crippen molar-refractivity contribution in [2.75, 3.05) is 13.1 Å². The van der Waals surface area contributed by atoms with E-state index in [9.17, 15) is 4.79 Å². The van der Waals surface area contributed by atoms with Crippen molar-refractivity contribution in [3.63, 3.8) is 0 Å². The lowest BCUT2D eigenvalue weighted by Gasteiger charge is -2.34. The molecule has 1 saturated heterocycles. The summed E-state index contributed by atoms with van der Waals surface area (Å²) in [5.41, 5.74) is 1.93. The summed E-state index contributed by atoms with van der Waals surface area (Å²) in [6, 6.07) is 0.224. The molecule has 0 N–H and O–H groups in total. The van der Waals surface area contributed by atoms with Crippen LogP contribution in [0.3, 0.4) is 0 Å². The fourth-order valence-electron chi connectivity index (χ4n) is 3.28. The molecular formula is C16H23N5O2. The van der Waals surface area contributed by atoms with Crippen molar-refractivity contribution in [2.45, 2.75) is 46.1 Å². The summed E-state index contributed by atoms with van der Waals surface area (Å²) < 4.78 is 7.05. The number of hydrogen-bond donors (Lipinski definition) is 0. The van der Waals surface area contributed by atoms with Crippen molar-refractivity contribution >= 4 is 5.91 Å². The minimum absolute atomic E-state index is 0.0821. The number of carbonyl (C=O) groups excluding carboxylic acids is 1. The van der Waals surface area contributed by atoms with E-state index in [1.807, 2.05) is 30.4 Å². The Labute approximate surface area is 135 Å². The van der Waals surface area contributed by atoms with Crippen LogP contribution < -0.4 is 0 Å². The maximum atomic E-state index is 12.8. The van der Waals surface area contributed by atoms with Gasteiger partial charge in [-0.25, -0.2) is 9.67 Å². The minimum atomic E-state index is -0.0821. The summed E-state index contributed by atoms with van der Waals surface area (Å²) in [5.74, 6) is 0.914. The van der Waals surface area contributed by atoms with Gasteiger partial charge >= 0.3 is 0 Å². The highest BCUT2D eigenvalue weighted by Crippen LogP contribution is 2.24. The van der Waals surface area contributed by atoms with E-state index in [1.165, 1.54) is 0 Å². The highest BCUT2D eigenvalue weighted by molar-refractivity contribution is 5.79. The van der Waals surface area contributed by atoms with Gasteiger partial charge in [-0.05, 0) is 33.1 Å². The van der Waals surface area contributed by atoms with E-state index in [1.54, 1.807) is 12.7 Å². The van der Waals surface area contributed by atoms with Gasteiger partial charge in [-0.1, -0.05) is 12.1 Å². The largest absolute Gasteiger partial charge is 0.361 e. The molecule has 1 aliphatic heterocycles. The molecule has 2 aromatic rings. The van der Waals surface area contributed by atoms with E-state index < -0.39 is 0 Å². The molecule has 1 amide bonds. The number of likely N-dealkylation sites (tertiary alicyclic amines) is 1. The van der Waals surface area contributed by atoms with Crippen LogP contribution in [0.25, 0.3) is 0 Å². The Morgan fingerprint density at radius 3 is 2.96 bits per heavy atom. The number of nitrogens with zero attached hydrogens (tertiary/aromatic N) is 5. The molecule has 0 aromatic carbocycles. The first-order chi connectivity index (χ1) is 11.1. The Morgan fingerprint density at radius 2 is 2.30 bits per heavy atom. The van der Waals surface area contributed by atoms with Gasteiger partial charge < -0.3 is 9.42 Å². The van der Waals surface area contributed by atoms with Crippen molar-refractivity contribution in [2.24, 2.45) is 5.92 Å². The van der Waals surface area contributed by atoms with Crippen molar-refractivity contribution < 1.29 is 9.32 Å². The monoisotopic (exact) mass is 317 g/mol. The topological polar surface area (TPSA) is 77.0 Å². The summed E-state index contributed by atoms with van der Waals surface area (Å²) in [4.78, 5) is 18.8. The van der Waals surface area contributed by atoms with Gasteiger partial charge in [0.05, 0.1) is 11.7 Å². The Hall–Kier alpha value is -2.18. The number of piperidine rings is 1. The second-order valence-electron chi connectivity index (χ2n) is 6.36. The lowest BCUT2D eigenvalue weighted by molar-refractivity contribution is -0.136.